The molecule has 0 spiro atoms. The van der Waals surface area contributed by atoms with Crippen molar-refractivity contribution in [3.8, 4) is 11.1 Å². The van der Waals surface area contributed by atoms with E-state index in [0.717, 1.165) is 41.6 Å². The quantitative estimate of drug-likeness (QED) is 0.591. The molecule has 1 unspecified atom stereocenters. The van der Waals surface area contributed by atoms with Gasteiger partial charge in [-0.1, -0.05) is 54.6 Å². The van der Waals surface area contributed by atoms with E-state index < -0.39 is 0 Å². The maximum Gasteiger partial charge on any atom is 0.254 e. The fraction of sp³-hybridized carbons (Fsp3) is 0.217. The molecule has 2 heterocycles. The predicted octanol–water partition coefficient (Wildman–Crippen LogP) is 5.15. The second kappa shape index (κ2) is 7.89. The number of carbonyl (C=O) groups excluding carboxylic acids is 2. The Balaban J connectivity index is 1.46. The number of thiophene rings is 1. The molecule has 0 aliphatic carbocycles. The van der Waals surface area contributed by atoms with Crippen molar-refractivity contribution < 1.29 is 9.59 Å². The summed E-state index contributed by atoms with van der Waals surface area (Å²) in [5.74, 6) is 0.0505. The molecule has 0 saturated carbocycles. The summed E-state index contributed by atoms with van der Waals surface area (Å²) in [6, 6.07) is 19.8. The molecule has 3 nitrogen and oxygen atoms in total. The highest BCUT2D eigenvalue weighted by molar-refractivity contribution is 7.08. The number of likely N-dealkylation sites (tertiary alicyclic amines) is 1. The van der Waals surface area contributed by atoms with E-state index in [1.807, 2.05) is 64.2 Å². The first kappa shape index (κ1) is 17.7. The largest absolute Gasteiger partial charge is 0.338 e. The summed E-state index contributed by atoms with van der Waals surface area (Å²) in [7, 11) is 0. The molecule has 1 atom stereocenters. The van der Waals surface area contributed by atoms with E-state index in [4.69, 9.17) is 0 Å². The minimum atomic E-state index is -0.121. The van der Waals surface area contributed by atoms with Gasteiger partial charge in [-0.25, -0.2) is 0 Å². The maximum absolute atomic E-state index is 13.0. The molecule has 0 bridgehead atoms. The highest BCUT2D eigenvalue weighted by atomic mass is 32.1. The van der Waals surface area contributed by atoms with Gasteiger partial charge in [0.15, 0.2) is 5.78 Å². The first-order chi connectivity index (χ1) is 13.2. The number of amides is 1. The van der Waals surface area contributed by atoms with Crippen LogP contribution in [0.5, 0.6) is 0 Å². The van der Waals surface area contributed by atoms with Crippen LogP contribution in [0.3, 0.4) is 0 Å². The number of piperidine rings is 1. The van der Waals surface area contributed by atoms with Crippen molar-refractivity contribution in [1.82, 2.24) is 4.90 Å². The molecular formula is C23H21NO2S. The Morgan fingerprint density at radius 2 is 1.63 bits per heavy atom. The number of benzene rings is 2. The van der Waals surface area contributed by atoms with Crippen LogP contribution in [-0.4, -0.2) is 29.7 Å². The molecule has 1 aromatic heterocycles. The van der Waals surface area contributed by atoms with Gasteiger partial charge in [-0.3, -0.25) is 9.59 Å². The normalized spacial score (nSPS) is 16.9. The summed E-state index contributed by atoms with van der Waals surface area (Å²) in [5.41, 5.74) is 3.69. The van der Waals surface area contributed by atoms with E-state index in [1.165, 1.54) is 11.3 Å². The van der Waals surface area contributed by atoms with Crippen LogP contribution in [0, 0.1) is 5.92 Å². The van der Waals surface area contributed by atoms with Crippen LogP contribution in [0.4, 0.5) is 0 Å². The SMILES string of the molecule is O=C(c1ccc(-c2ccccc2)cc1)C1CCCN(C(=O)c2ccsc2)C1. The van der Waals surface area contributed by atoms with Crippen LogP contribution in [0.2, 0.25) is 0 Å². The lowest BCUT2D eigenvalue weighted by Gasteiger charge is -2.32. The third-order valence-electron chi connectivity index (χ3n) is 5.12. The minimum absolute atomic E-state index is 0.0353. The van der Waals surface area contributed by atoms with Crippen molar-refractivity contribution in [3.63, 3.8) is 0 Å². The van der Waals surface area contributed by atoms with Gasteiger partial charge in [-0.2, -0.15) is 11.3 Å². The molecule has 3 aromatic rings. The fourth-order valence-electron chi connectivity index (χ4n) is 3.64. The van der Waals surface area contributed by atoms with Gasteiger partial charge in [0.1, 0.15) is 0 Å². The van der Waals surface area contributed by atoms with Crippen molar-refractivity contribution in [2.24, 2.45) is 5.92 Å². The summed E-state index contributed by atoms with van der Waals surface area (Å²) in [5, 5.41) is 3.78. The van der Waals surface area contributed by atoms with Crippen molar-refractivity contribution in [2.45, 2.75) is 12.8 Å². The summed E-state index contributed by atoms with van der Waals surface area (Å²) in [6.45, 7) is 1.24. The van der Waals surface area contributed by atoms with Gasteiger partial charge in [0, 0.05) is 30.0 Å². The summed E-state index contributed by atoms with van der Waals surface area (Å²) in [6.07, 6.45) is 1.71. The molecule has 1 amide bonds. The highest BCUT2D eigenvalue weighted by Crippen LogP contribution is 2.25. The van der Waals surface area contributed by atoms with Crippen LogP contribution in [-0.2, 0) is 0 Å². The summed E-state index contributed by atoms with van der Waals surface area (Å²) in [4.78, 5) is 27.4. The third-order valence-corrected chi connectivity index (χ3v) is 5.81. The van der Waals surface area contributed by atoms with Crippen molar-refractivity contribution in [2.75, 3.05) is 13.1 Å². The second-order valence-electron chi connectivity index (χ2n) is 6.91. The van der Waals surface area contributed by atoms with Crippen LogP contribution in [0.1, 0.15) is 33.6 Å². The maximum atomic E-state index is 13.0. The Labute approximate surface area is 163 Å². The van der Waals surface area contributed by atoms with E-state index in [2.05, 4.69) is 12.1 Å². The standard InChI is InChI=1S/C23H21NO2S/c25-22(19-10-8-18(9-11-19)17-5-2-1-3-6-17)20-7-4-13-24(15-20)23(26)21-12-14-27-16-21/h1-3,5-6,8-12,14,16,20H,4,7,13,15H2. The second-order valence-corrected chi connectivity index (χ2v) is 7.69. The molecule has 1 fully saturated rings. The zero-order chi connectivity index (χ0) is 18.6. The molecule has 0 N–H and O–H groups in total. The molecule has 4 rings (SSSR count). The Hall–Kier alpha value is -2.72. The number of hydrogen-bond acceptors (Lipinski definition) is 3. The lowest BCUT2D eigenvalue weighted by atomic mass is 9.89. The Morgan fingerprint density at radius 1 is 0.889 bits per heavy atom. The Bertz CT molecular complexity index is 917. The molecule has 1 aliphatic rings. The predicted molar refractivity (Wildman–Crippen MR) is 109 cm³/mol. The Morgan fingerprint density at radius 3 is 2.33 bits per heavy atom. The van der Waals surface area contributed by atoms with Gasteiger partial charge >= 0.3 is 0 Å². The summed E-state index contributed by atoms with van der Waals surface area (Å²) < 4.78 is 0. The number of ketones is 1. The molecule has 0 radical (unpaired) electrons. The average molecular weight is 375 g/mol. The highest BCUT2D eigenvalue weighted by Gasteiger charge is 2.29. The number of hydrogen-bond donors (Lipinski definition) is 0. The number of Topliss-reactive ketones (excluding diaryl/α,β-unsaturated/α-hetero) is 1. The molecule has 1 saturated heterocycles. The van der Waals surface area contributed by atoms with Crippen molar-refractivity contribution >= 4 is 23.0 Å². The van der Waals surface area contributed by atoms with Gasteiger partial charge in [0.25, 0.3) is 5.91 Å². The zero-order valence-corrected chi connectivity index (χ0v) is 15.8. The molecular weight excluding hydrogens is 354 g/mol. The molecule has 1 aliphatic heterocycles. The summed E-state index contributed by atoms with van der Waals surface area (Å²) >= 11 is 1.52. The van der Waals surface area contributed by atoms with Gasteiger partial charge < -0.3 is 4.90 Å². The van der Waals surface area contributed by atoms with E-state index in [0.29, 0.717) is 6.54 Å². The topological polar surface area (TPSA) is 37.4 Å². The minimum Gasteiger partial charge on any atom is -0.338 e. The Kier molecular flexibility index (Phi) is 5.16. The van der Waals surface area contributed by atoms with Gasteiger partial charge in [-0.05, 0) is 35.4 Å². The molecule has 27 heavy (non-hydrogen) atoms. The lowest BCUT2D eigenvalue weighted by molar-refractivity contribution is 0.0637. The first-order valence-electron chi connectivity index (χ1n) is 9.23. The van der Waals surface area contributed by atoms with Crippen molar-refractivity contribution in [3.05, 3.63) is 82.6 Å². The third kappa shape index (κ3) is 3.86. The van der Waals surface area contributed by atoms with Gasteiger partial charge in [-0.15, -0.1) is 0 Å². The van der Waals surface area contributed by atoms with Crippen molar-refractivity contribution in [1.29, 1.82) is 0 Å². The van der Waals surface area contributed by atoms with Crippen LogP contribution >= 0.6 is 11.3 Å². The first-order valence-corrected chi connectivity index (χ1v) is 10.2. The van der Waals surface area contributed by atoms with Gasteiger partial charge in [0.2, 0.25) is 0 Å². The van der Waals surface area contributed by atoms with E-state index in [-0.39, 0.29) is 17.6 Å². The zero-order valence-electron chi connectivity index (χ0n) is 15.0. The van der Waals surface area contributed by atoms with E-state index in [1.54, 1.807) is 0 Å². The van der Waals surface area contributed by atoms with E-state index in [9.17, 15) is 9.59 Å². The van der Waals surface area contributed by atoms with Crippen LogP contribution in [0.15, 0.2) is 71.4 Å². The fourth-order valence-corrected chi connectivity index (χ4v) is 4.27. The molecule has 136 valence electrons. The van der Waals surface area contributed by atoms with Crippen LogP contribution < -0.4 is 0 Å². The van der Waals surface area contributed by atoms with Crippen LogP contribution in [0.25, 0.3) is 11.1 Å². The monoisotopic (exact) mass is 375 g/mol. The van der Waals surface area contributed by atoms with Gasteiger partial charge in [0.05, 0.1) is 5.56 Å². The number of nitrogens with zero attached hydrogens (tertiary/aromatic N) is 1. The lowest BCUT2D eigenvalue weighted by Crippen LogP contribution is -2.42. The number of rotatable bonds is 4. The smallest absolute Gasteiger partial charge is 0.254 e. The number of carbonyl (C=O) groups is 2. The molecule has 2 aromatic carbocycles. The molecule has 4 heteroatoms. The average Bonchev–Trinajstić information content (AvgIpc) is 3.28. The van der Waals surface area contributed by atoms with E-state index >= 15 is 0 Å².